The van der Waals surface area contributed by atoms with Crippen LogP contribution in [0, 0.1) is 10.1 Å². The van der Waals surface area contributed by atoms with Crippen molar-refractivity contribution in [2.24, 2.45) is 5.73 Å². The normalized spacial score (nSPS) is 13.3. The van der Waals surface area contributed by atoms with E-state index in [1.165, 1.54) is 0 Å². The van der Waals surface area contributed by atoms with Gasteiger partial charge in [0.2, 0.25) is 10.0 Å². The molecule has 130 valence electrons. The van der Waals surface area contributed by atoms with Crippen LogP contribution in [0.15, 0.2) is 17.0 Å². The van der Waals surface area contributed by atoms with Gasteiger partial charge >= 0.3 is 0 Å². The predicted molar refractivity (Wildman–Crippen MR) is 84.8 cm³/mol. The molecule has 1 aromatic carbocycles. The van der Waals surface area contributed by atoms with Gasteiger partial charge < -0.3 is 15.2 Å². The Morgan fingerprint density at radius 3 is 2.39 bits per heavy atom. The van der Waals surface area contributed by atoms with Crippen molar-refractivity contribution in [3.63, 3.8) is 0 Å². The highest BCUT2D eigenvalue weighted by molar-refractivity contribution is 7.89. The van der Waals surface area contributed by atoms with E-state index < -0.39 is 25.5 Å². The van der Waals surface area contributed by atoms with E-state index in [0.29, 0.717) is 19.4 Å². The zero-order chi connectivity index (χ0) is 16.2. The number of nitrogens with two attached hydrogens (primary N) is 1. The Bertz CT molecular complexity index is 667. The Balaban J connectivity index is 0.00000264. The second-order valence-corrected chi connectivity index (χ2v) is 6.35. The molecule has 0 spiro atoms. The van der Waals surface area contributed by atoms with E-state index in [4.69, 9.17) is 15.2 Å². The summed E-state index contributed by atoms with van der Waals surface area (Å²) < 4.78 is 37.4. The molecule has 0 saturated heterocycles. The minimum Gasteiger partial charge on any atom is -0.486 e. The molecular weight excluding hydrogens is 350 g/mol. The van der Waals surface area contributed by atoms with Crippen molar-refractivity contribution in [2.45, 2.75) is 17.7 Å². The van der Waals surface area contributed by atoms with Crippen molar-refractivity contribution in [1.82, 2.24) is 4.72 Å². The van der Waals surface area contributed by atoms with Crippen LogP contribution in [0.5, 0.6) is 11.5 Å². The number of halogens is 1. The number of fused-ring (bicyclic) bond motifs is 1. The van der Waals surface area contributed by atoms with Gasteiger partial charge in [-0.15, -0.1) is 12.4 Å². The van der Waals surface area contributed by atoms with Gasteiger partial charge in [-0.1, -0.05) is 0 Å². The topological polar surface area (TPSA) is 134 Å². The number of unbranched alkanes of at least 4 members (excludes halogenated alkanes) is 1. The van der Waals surface area contributed by atoms with Crippen LogP contribution in [-0.4, -0.2) is 39.6 Å². The van der Waals surface area contributed by atoms with Gasteiger partial charge in [-0.3, -0.25) is 10.1 Å². The molecule has 0 saturated carbocycles. The van der Waals surface area contributed by atoms with Crippen molar-refractivity contribution in [3.8, 4) is 11.5 Å². The van der Waals surface area contributed by atoms with E-state index >= 15 is 0 Å². The van der Waals surface area contributed by atoms with Crippen molar-refractivity contribution >= 4 is 28.1 Å². The smallest absolute Gasteiger partial charge is 0.293 e. The van der Waals surface area contributed by atoms with Crippen LogP contribution in [0.2, 0.25) is 0 Å². The van der Waals surface area contributed by atoms with Crippen molar-refractivity contribution in [3.05, 3.63) is 22.2 Å². The average molecular weight is 368 g/mol. The Morgan fingerprint density at radius 2 is 1.83 bits per heavy atom. The SMILES string of the molecule is Cl.NCCCCNS(=O)(=O)c1cc2c(cc1[N+](=O)[O-])OCCO2. The summed E-state index contributed by atoms with van der Waals surface area (Å²) in [5, 5.41) is 11.1. The molecule has 0 fully saturated rings. The number of hydrogen-bond acceptors (Lipinski definition) is 7. The van der Waals surface area contributed by atoms with E-state index in [2.05, 4.69) is 4.72 Å². The molecule has 1 aromatic rings. The fourth-order valence-corrected chi connectivity index (χ4v) is 3.21. The lowest BCUT2D eigenvalue weighted by Crippen LogP contribution is -2.26. The third-order valence-electron chi connectivity index (χ3n) is 3.03. The van der Waals surface area contributed by atoms with E-state index in [1.807, 2.05) is 0 Å². The maximum Gasteiger partial charge on any atom is 0.293 e. The summed E-state index contributed by atoms with van der Waals surface area (Å²) in [6.07, 6.45) is 1.21. The molecule has 0 aromatic heterocycles. The lowest BCUT2D eigenvalue weighted by Gasteiger charge is -2.19. The van der Waals surface area contributed by atoms with Gasteiger partial charge in [0.25, 0.3) is 5.69 Å². The first-order chi connectivity index (χ1) is 10.5. The average Bonchev–Trinajstić information content (AvgIpc) is 2.50. The molecule has 0 bridgehead atoms. The molecule has 0 aliphatic carbocycles. The molecule has 1 heterocycles. The highest BCUT2D eigenvalue weighted by atomic mass is 35.5. The first kappa shape index (κ1) is 19.4. The molecule has 1 aliphatic rings. The van der Waals surface area contributed by atoms with Crippen LogP contribution in [-0.2, 0) is 10.0 Å². The van der Waals surface area contributed by atoms with Gasteiger partial charge in [-0.25, -0.2) is 13.1 Å². The maximum atomic E-state index is 12.3. The zero-order valence-electron chi connectivity index (χ0n) is 12.2. The van der Waals surface area contributed by atoms with E-state index in [0.717, 1.165) is 12.1 Å². The Morgan fingerprint density at radius 1 is 1.22 bits per heavy atom. The van der Waals surface area contributed by atoms with Gasteiger partial charge in [-0.05, 0) is 19.4 Å². The molecule has 2 rings (SSSR count). The Kier molecular flexibility index (Phi) is 7.01. The number of hydrogen-bond donors (Lipinski definition) is 2. The van der Waals surface area contributed by atoms with Gasteiger partial charge in [0, 0.05) is 12.6 Å². The summed E-state index contributed by atoms with van der Waals surface area (Å²) >= 11 is 0. The van der Waals surface area contributed by atoms with Crippen LogP contribution in [0.3, 0.4) is 0 Å². The highest BCUT2D eigenvalue weighted by Crippen LogP contribution is 2.38. The summed E-state index contributed by atoms with van der Waals surface area (Å²) in [5.74, 6) is 0.346. The highest BCUT2D eigenvalue weighted by Gasteiger charge is 2.30. The molecule has 0 unspecified atom stereocenters. The molecule has 0 radical (unpaired) electrons. The number of nitro benzene ring substituents is 1. The van der Waals surface area contributed by atoms with Crippen molar-refractivity contribution in [1.29, 1.82) is 0 Å². The summed E-state index contributed by atoms with van der Waals surface area (Å²) in [7, 11) is -4.02. The van der Waals surface area contributed by atoms with Crippen molar-refractivity contribution < 1.29 is 22.8 Å². The number of nitro groups is 1. The molecule has 23 heavy (non-hydrogen) atoms. The molecule has 0 atom stereocenters. The molecule has 0 amide bonds. The predicted octanol–water partition coefficient (Wildman–Crippen LogP) is 0.805. The molecular formula is C12H18ClN3O6S. The van der Waals surface area contributed by atoms with Crippen LogP contribution < -0.4 is 19.9 Å². The minimum atomic E-state index is -4.02. The monoisotopic (exact) mass is 367 g/mol. The second-order valence-electron chi connectivity index (χ2n) is 4.61. The fraction of sp³-hybridized carbons (Fsp3) is 0.500. The van der Waals surface area contributed by atoms with Crippen LogP contribution in [0.4, 0.5) is 5.69 Å². The molecule has 9 nitrogen and oxygen atoms in total. The van der Waals surface area contributed by atoms with E-state index in [-0.39, 0.29) is 43.7 Å². The number of sulfonamides is 1. The summed E-state index contributed by atoms with van der Waals surface area (Å²) in [5.41, 5.74) is 4.79. The lowest BCUT2D eigenvalue weighted by molar-refractivity contribution is -0.388. The Labute approximate surface area is 139 Å². The molecule has 3 N–H and O–H groups in total. The van der Waals surface area contributed by atoms with Gasteiger partial charge in [-0.2, -0.15) is 0 Å². The van der Waals surface area contributed by atoms with Gasteiger partial charge in [0.15, 0.2) is 16.4 Å². The fourth-order valence-electron chi connectivity index (χ4n) is 1.97. The standard InChI is InChI=1S/C12H17N3O6S.ClH/c13-3-1-2-4-14-22(18,19)12-8-11-10(20-5-6-21-11)7-9(12)15(16)17;/h7-8,14H,1-6,13H2;1H. The largest absolute Gasteiger partial charge is 0.486 e. The van der Waals surface area contributed by atoms with Gasteiger partial charge in [0.1, 0.15) is 13.2 Å². The maximum absolute atomic E-state index is 12.3. The number of benzene rings is 1. The zero-order valence-corrected chi connectivity index (χ0v) is 13.8. The lowest BCUT2D eigenvalue weighted by atomic mass is 10.2. The van der Waals surface area contributed by atoms with Crippen LogP contribution in [0.25, 0.3) is 0 Å². The summed E-state index contributed by atoms with van der Waals surface area (Å²) in [6.45, 7) is 1.12. The first-order valence-corrected chi connectivity index (χ1v) is 8.22. The van der Waals surface area contributed by atoms with E-state index in [9.17, 15) is 18.5 Å². The minimum absolute atomic E-state index is 0. The first-order valence-electron chi connectivity index (χ1n) is 6.73. The van der Waals surface area contributed by atoms with Crippen LogP contribution in [0.1, 0.15) is 12.8 Å². The number of nitrogens with zero attached hydrogens (tertiary/aromatic N) is 1. The molecule has 1 aliphatic heterocycles. The third-order valence-corrected chi connectivity index (χ3v) is 4.52. The van der Waals surface area contributed by atoms with E-state index in [1.54, 1.807) is 0 Å². The second kappa shape index (κ2) is 8.29. The number of rotatable bonds is 7. The number of ether oxygens (including phenoxy) is 2. The number of nitrogens with one attached hydrogen (secondary N) is 1. The quantitative estimate of drug-likeness (QED) is 0.413. The van der Waals surface area contributed by atoms with Gasteiger partial charge in [0.05, 0.1) is 11.0 Å². The molecule has 11 heteroatoms. The van der Waals surface area contributed by atoms with Crippen molar-refractivity contribution in [2.75, 3.05) is 26.3 Å². The summed E-state index contributed by atoms with van der Waals surface area (Å²) in [4.78, 5) is 9.94. The Hall–Kier alpha value is -1.62. The van der Waals surface area contributed by atoms with Crippen LogP contribution >= 0.6 is 12.4 Å². The summed E-state index contributed by atoms with van der Waals surface area (Å²) in [6, 6.07) is 2.20. The third kappa shape index (κ3) is 4.67.